The lowest BCUT2D eigenvalue weighted by molar-refractivity contribution is 0.367. The third-order valence-electron chi connectivity index (χ3n) is 2.51. The lowest BCUT2D eigenvalue weighted by Gasteiger charge is -2.20. The number of nitrogens with zero attached hydrogens (tertiary/aromatic N) is 1. The van der Waals surface area contributed by atoms with E-state index in [1.54, 1.807) is 7.05 Å². The Kier molecular flexibility index (Phi) is 3.40. The molecule has 0 aliphatic heterocycles. The Balaban J connectivity index is 2.24. The Morgan fingerprint density at radius 2 is 2.00 bits per heavy atom. The molecule has 0 unspecified atom stereocenters. The predicted molar refractivity (Wildman–Crippen MR) is 48.7 cm³/mol. The smallest absolute Gasteiger partial charge is 0.0936 e. The van der Waals surface area contributed by atoms with E-state index in [1.165, 1.54) is 32.1 Å². The minimum absolute atomic E-state index is 0.826. The fraction of sp³-hybridized carbons (Fsp3) is 0.889. The molecule has 0 bridgehead atoms. The van der Waals surface area contributed by atoms with Gasteiger partial charge in [-0.15, -0.1) is 0 Å². The van der Waals surface area contributed by atoms with Crippen molar-refractivity contribution < 1.29 is 0 Å². The van der Waals surface area contributed by atoms with E-state index in [0.29, 0.717) is 0 Å². The van der Waals surface area contributed by atoms with Crippen molar-refractivity contribution in [2.24, 2.45) is 16.6 Å². The minimum atomic E-state index is 0.826. The van der Waals surface area contributed by atoms with Crippen LogP contribution in [0.5, 0.6) is 0 Å². The summed E-state index contributed by atoms with van der Waals surface area (Å²) >= 11 is 0. The lowest BCUT2D eigenvalue weighted by Crippen LogP contribution is -2.18. The highest BCUT2D eigenvalue weighted by Crippen LogP contribution is 2.25. The SMILES string of the molecule is CN=C(N)CC1CCCCC1. The molecular weight excluding hydrogens is 136 g/mol. The van der Waals surface area contributed by atoms with Crippen LogP contribution in [0, 0.1) is 5.92 Å². The van der Waals surface area contributed by atoms with E-state index in [0.717, 1.165) is 18.2 Å². The summed E-state index contributed by atoms with van der Waals surface area (Å²) in [6.07, 6.45) is 7.94. The average Bonchev–Trinajstić information content (AvgIpc) is 2.06. The third-order valence-corrected chi connectivity index (χ3v) is 2.51. The van der Waals surface area contributed by atoms with Crippen molar-refractivity contribution in [1.82, 2.24) is 0 Å². The van der Waals surface area contributed by atoms with Crippen molar-refractivity contribution >= 4 is 5.84 Å². The monoisotopic (exact) mass is 154 g/mol. The van der Waals surface area contributed by atoms with Gasteiger partial charge >= 0.3 is 0 Å². The maximum atomic E-state index is 5.65. The molecule has 0 amide bonds. The Hall–Kier alpha value is -0.530. The number of hydrogen-bond acceptors (Lipinski definition) is 1. The van der Waals surface area contributed by atoms with Gasteiger partial charge in [-0.1, -0.05) is 32.1 Å². The van der Waals surface area contributed by atoms with Crippen molar-refractivity contribution in [1.29, 1.82) is 0 Å². The topological polar surface area (TPSA) is 38.4 Å². The van der Waals surface area contributed by atoms with Crippen molar-refractivity contribution in [3.8, 4) is 0 Å². The van der Waals surface area contributed by atoms with Crippen LogP contribution in [0.4, 0.5) is 0 Å². The highest BCUT2D eigenvalue weighted by molar-refractivity contribution is 5.80. The molecule has 0 radical (unpaired) electrons. The Morgan fingerprint density at radius 3 is 2.55 bits per heavy atom. The summed E-state index contributed by atoms with van der Waals surface area (Å²) in [6, 6.07) is 0. The molecule has 0 spiro atoms. The molecule has 1 aliphatic carbocycles. The van der Waals surface area contributed by atoms with Crippen LogP contribution in [0.25, 0.3) is 0 Å². The minimum Gasteiger partial charge on any atom is -0.387 e. The van der Waals surface area contributed by atoms with Crippen molar-refractivity contribution in [2.75, 3.05) is 7.05 Å². The molecule has 0 heterocycles. The van der Waals surface area contributed by atoms with Crippen LogP contribution in [0.2, 0.25) is 0 Å². The molecule has 2 nitrogen and oxygen atoms in total. The van der Waals surface area contributed by atoms with E-state index in [9.17, 15) is 0 Å². The van der Waals surface area contributed by atoms with Gasteiger partial charge in [0.1, 0.15) is 0 Å². The van der Waals surface area contributed by atoms with E-state index >= 15 is 0 Å². The van der Waals surface area contributed by atoms with Gasteiger partial charge in [0.05, 0.1) is 5.84 Å². The molecule has 2 N–H and O–H groups in total. The molecule has 0 aromatic rings. The van der Waals surface area contributed by atoms with Crippen LogP contribution in [-0.2, 0) is 0 Å². The molecule has 1 rings (SSSR count). The first-order valence-corrected chi connectivity index (χ1v) is 4.54. The molecular formula is C9H18N2. The zero-order valence-corrected chi connectivity index (χ0v) is 7.34. The molecule has 1 fully saturated rings. The second-order valence-corrected chi connectivity index (χ2v) is 3.42. The predicted octanol–water partition coefficient (Wildman–Crippen LogP) is 1.94. The first-order chi connectivity index (χ1) is 5.33. The van der Waals surface area contributed by atoms with Crippen LogP contribution in [-0.4, -0.2) is 12.9 Å². The fourth-order valence-corrected chi connectivity index (χ4v) is 1.78. The Morgan fingerprint density at radius 1 is 1.36 bits per heavy atom. The first kappa shape index (κ1) is 8.57. The molecule has 0 aromatic heterocycles. The Bertz CT molecular complexity index is 134. The van der Waals surface area contributed by atoms with Gasteiger partial charge < -0.3 is 5.73 Å². The van der Waals surface area contributed by atoms with E-state index < -0.39 is 0 Å². The largest absolute Gasteiger partial charge is 0.387 e. The van der Waals surface area contributed by atoms with E-state index in [4.69, 9.17) is 5.73 Å². The van der Waals surface area contributed by atoms with Crippen molar-refractivity contribution in [2.45, 2.75) is 38.5 Å². The van der Waals surface area contributed by atoms with E-state index in [2.05, 4.69) is 4.99 Å². The van der Waals surface area contributed by atoms with Gasteiger partial charge in [0.25, 0.3) is 0 Å². The zero-order valence-electron chi connectivity index (χ0n) is 7.34. The maximum absolute atomic E-state index is 5.65. The summed E-state index contributed by atoms with van der Waals surface area (Å²) in [6.45, 7) is 0. The van der Waals surface area contributed by atoms with Crippen LogP contribution in [0.3, 0.4) is 0 Å². The van der Waals surface area contributed by atoms with Crippen molar-refractivity contribution in [3.05, 3.63) is 0 Å². The van der Waals surface area contributed by atoms with Crippen LogP contribution >= 0.6 is 0 Å². The standard InChI is InChI=1S/C9H18N2/c1-11-9(10)7-8-5-3-2-4-6-8/h8H,2-7H2,1H3,(H2,10,11). The fourth-order valence-electron chi connectivity index (χ4n) is 1.78. The highest BCUT2D eigenvalue weighted by Gasteiger charge is 2.13. The summed E-state index contributed by atoms with van der Waals surface area (Å²) in [5, 5.41) is 0. The summed E-state index contributed by atoms with van der Waals surface area (Å²) in [4.78, 5) is 3.98. The van der Waals surface area contributed by atoms with Gasteiger partial charge in [0.15, 0.2) is 0 Å². The van der Waals surface area contributed by atoms with Gasteiger partial charge in [-0.05, 0) is 5.92 Å². The first-order valence-electron chi connectivity index (χ1n) is 4.54. The second-order valence-electron chi connectivity index (χ2n) is 3.42. The van der Waals surface area contributed by atoms with Gasteiger partial charge in [-0.2, -0.15) is 0 Å². The Labute approximate surface area is 68.9 Å². The van der Waals surface area contributed by atoms with Gasteiger partial charge in [0, 0.05) is 13.5 Å². The molecule has 64 valence electrons. The molecule has 1 saturated carbocycles. The van der Waals surface area contributed by atoms with Crippen molar-refractivity contribution in [3.63, 3.8) is 0 Å². The summed E-state index contributed by atoms with van der Waals surface area (Å²) < 4.78 is 0. The number of aliphatic imine (C=N–C) groups is 1. The maximum Gasteiger partial charge on any atom is 0.0936 e. The van der Waals surface area contributed by atoms with Gasteiger partial charge in [-0.3, -0.25) is 4.99 Å². The number of rotatable bonds is 2. The van der Waals surface area contributed by atoms with Crippen LogP contribution in [0.1, 0.15) is 38.5 Å². The highest BCUT2D eigenvalue weighted by atomic mass is 14.8. The average molecular weight is 154 g/mol. The zero-order chi connectivity index (χ0) is 8.10. The third kappa shape index (κ3) is 2.91. The van der Waals surface area contributed by atoms with E-state index in [-0.39, 0.29) is 0 Å². The normalized spacial score (nSPS) is 22.1. The second kappa shape index (κ2) is 4.37. The quantitative estimate of drug-likeness (QED) is 0.479. The molecule has 0 aromatic carbocycles. The van der Waals surface area contributed by atoms with Gasteiger partial charge in [0.2, 0.25) is 0 Å². The summed E-state index contributed by atoms with van der Waals surface area (Å²) in [5.41, 5.74) is 5.65. The van der Waals surface area contributed by atoms with Crippen LogP contribution < -0.4 is 5.73 Å². The van der Waals surface area contributed by atoms with E-state index in [1.807, 2.05) is 0 Å². The van der Waals surface area contributed by atoms with Crippen LogP contribution in [0.15, 0.2) is 4.99 Å². The summed E-state index contributed by atoms with van der Waals surface area (Å²) in [5.74, 6) is 1.66. The molecule has 0 saturated heterocycles. The molecule has 11 heavy (non-hydrogen) atoms. The molecule has 0 atom stereocenters. The molecule has 2 heteroatoms. The number of amidine groups is 1. The number of hydrogen-bond donors (Lipinski definition) is 1. The van der Waals surface area contributed by atoms with Gasteiger partial charge in [-0.25, -0.2) is 0 Å². The lowest BCUT2D eigenvalue weighted by atomic mass is 9.87. The number of nitrogens with two attached hydrogens (primary N) is 1. The summed E-state index contributed by atoms with van der Waals surface area (Å²) in [7, 11) is 1.78. The molecule has 1 aliphatic rings.